The summed E-state index contributed by atoms with van der Waals surface area (Å²) in [6.07, 6.45) is -2.80. The SMILES string of the molecule is CN[C@@H]1[C@H](O)[C@@H](O[C@H]2O[C@H](CN)CC[C@@H]2N)[C@H](N)[C@H](O)[C@H]1OC. The quantitative estimate of drug-likeness (QED) is 0.305. The van der Waals surface area contributed by atoms with Crippen LogP contribution in [0.4, 0.5) is 0 Å². The average molecular weight is 334 g/mol. The molecule has 1 aliphatic carbocycles. The molecule has 9 heteroatoms. The third-order valence-corrected chi connectivity index (χ3v) is 4.83. The van der Waals surface area contributed by atoms with E-state index >= 15 is 0 Å². The lowest BCUT2D eigenvalue weighted by molar-refractivity contribution is -0.259. The van der Waals surface area contributed by atoms with Crippen molar-refractivity contribution in [2.45, 2.75) is 67.8 Å². The fourth-order valence-electron chi connectivity index (χ4n) is 3.38. The van der Waals surface area contributed by atoms with Gasteiger partial charge in [0.05, 0.1) is 36.4 Å². The number of hydrogen-bond acceptors (Lipinski definition) is 9. The van der Waals surface area contributed by atoms with Crippen LogP contribution in [0.25, 0.3) is 0 Å². The van der Waals surface area contributed by atoms with Crippen LogP contribution in [0.5, 0.6) is 0 Å². The molecule has 1 saturated heterocycles. The molecule has 0 spiro atoms. The molecule has 1 aliphatic heterocycles. The fraction of sp³-hybridized carbons (Fsp3) is 1.00. The summed E-state index contributed by atoms with van der Waals surface area (Å²) in [5.41, 5.74) is 17.7. The number of aliphatic hydroxyl groups excluding tert-OH is 2. The highest BCUT2D eigenvalue weighted by molar-refractivity contribution is 5.05. The van der Waals surface area contributed by atoms with Crippen molar-refractivity contribution < 1.29 is 24.4 Å². The van der Waals surface area contributed by atoms with E-state index in [1.54, 1.807) is 7.05 Å². The van der Waals surface area contributed by atoms with E-state index in [0.717, 1.165) is 6.42 Å². The van der Waals surface area contributed by atoms with Gasteiger partial charge in [-0.25, -0.2) is 0 Å². The van der Waals surface area contributed by atoms with E-state index in [9.17, 15) is 10.2 Å². The van der Waals surface area contributed by atoms with Crippen LogP contribution in [0, 0.1) is 0 Å². The van der Waals surface area contributed by atoms with E-state index in [0.29, 0.717) is 13.0 Å². The van der Waals surface area contributed by atoms with Gasteiger partial charge in [0.25, 0.3) is 0 Å². The summed E-state index contributed by atoms with van der Waals surface area (Å²) >= 11 is 0. The minimum atomic E-state index is -0.990. The smallest absolute Gasteiger partial charge is 0.173 e. The first-order valence-corrected chi connectivity index (χ1v) is 8.02. The highest BCUT2D eigenvalue weighted by atomic mass is 16.7. The molecule has 9 N–H and O–H groups in total. The topological polar surface area (TPSA) is 158 Å². The Bertz CT molecular complexity index is 377. The van der Waals surface area contributed by atoms with Crippen molar-refractivity contribution >= 4 is 0 Å². The highest BCUT2D eigenvalue weighted by Crippen LogP contribution is 2.28. The number of nitrogens with one attached hydrogen (secondary N) is 1. The summed E-state index contributed by atoms with van der Waals surface area (Å²) in [6, 6.07) is -1.68. The maximum Gasteiger partial charge on any atom is 0.173 e. The van der Waals surface area contributed by atoms with Crippen LogP contribution in [0.2, 0.25) is 0 Å². The minimum absolute atomic E-state index is 0.131. The molecule has 0 amide bonds. The number of ether oxygens (including phenoxy) is 3. The number of nitrogens with two attached hydrogens (primary N) is 3. The molecule has 1 heterocycles. The lowest BCUT2D eigenvalue weighted by atomic mass is 9.81. The van der Waals surface area contributed by atoms with Gasteiger partial charge in [0, 0.05) is 13.7 Å². The van der Waals surface area contributed by atoms with Gasteiger partial charge in [-0.1, -0.05) is 0 Å². The van der Waals surface area contributed by atoms with Crippen LogP contribution in [0.15, 0.2) is 0 Å². The Balaban J connectivity index is 2.10. The Morgan fingerprint density at radius 3 is 2.43 bits per heavy atom. The summed E-state index contributed by atoms with van der Waals surface area (Å²) in [7, 11) is 3.14. The van der Waals surface area contributed by atoms with E-state index in [2.05, 4.69) is 5.32 Å². The zero-order valence-corrected chi connectivity index (χ0v) is 13.7. The molecule has 23 heavy (non-hydrogen) atoms. The second kappa shape index (κ2) is 8.15. The number of methoxy groups -OCH3 is 1. The predicted molar refractivity (Wildman–Crippen MR) is 83.4 cm³/mol. The van der Waals surface area contributed by atoms with Crippen molar-refractivity contribution in [3.63, 3.8) is 0 Å². The van der Waals surface area contributed by atoms with E-state index < -0.39 is 42.8 Å². The molecule has 0 aromatic rings. The first-order chi connectivity index (χ1) is 10.9. The predicted octanol–water partition coefficient (Wildman–Crippen LogP) is -3.17. The summed E-state index contributed by atoms with van der Waals surface area (Å²) in [4.78, 5) is 0. The molecular weight excluding hydrogens is 304 g/mol. The maximum atomic E-state index is 10.6. The van der Waals surface area contributed by atoms with Gasteiger partial charge in [-0.15, -0.1) is 0 Å². The van der Waals surface area contributed by atoms with Crippen molar-refractivity contribution in [1.82, 2.24) is 5.32 Å². The number of hydrogen-bond donors (Lipinski definition) is 6. The van der Waals surface area contributed by atoms with Crippen molar-refractivity contribution in [3.05, 3.63) is 0 Å². The van der Waals surface area contributed by atoms with Crippen molar-refractivity contribution in [3.8, 4) is 0 Å². The highest BCUT2D eigenvalue weighted by Gasteiger charge is 2.50. The molecular formula is C14H30N4O5. The molecule has 2 aliphatic rings. The van der Waals surface area contributed by atoms with E-state index in [-0.39, 0.29) is 12.1 Å². The molecule has 0 aromatic carbocycles. The summed E-state index contributed by atoms with van der Waals surface area (Å²) in [5.74, 6) is 0. The lowest BCUT2D eigenvalue weighted by Gasteiger charge is -2.47. The fourth-order valence-corrected chi connectivity index (χ4v) is 3.38. The Kier molecular flexibility index (Phi) is 6.72. The van der Waals surface area contributed by atoms with Gasteiger partial charge in [-0.2, -0.15) is 0 Å². The van der Waals surface area contributed by atoms with Gasteiger partial charge in [0.15, 0.2) is 6.29 Å². The van der Waals surface area contributed by atoms with Crippen LogP contribution in [0.3, 0.4) is 0 Å². The van der Waals surface area contributed by atoms with Crippen LogP contribution < -0.4 is 22.5 Å². The Morgan fingerprint density at radius 1 is 1.17 bits per heavy atom. The number of aliphatic hydroxyl groups is 2. The van der Waals surface area contributed by atoms with Crippen molar-refractivity contribution in [2.24, 2.45) is 17.2 Å². The van der Waals surface area contributed by atoms with Crippen LogP contribution in [-0.2, 0) is 14.2 Å². The molecule has 0 aromatic heterocycles. The average Bonchev–Trinajstić information content (AvgIpc) is 2.56. The van der Waals surface area contributed by atoms with Gasteiger partial charge in [0.2, 0.25) is 0 Å². The number of likely N-dealkylation sites (N-methyl/N-ethyl adjacent to an activating group) is 1. The Labute approximate surface area is 136 Å². The van der Waals surface area contributed by atoms with Gasteiger partial charge in [-0.05, 0) is 19.9 Å². The largest absolute Gasteiger partial charge is 0.389 e. The van der Waals surface area contributed by atoms with Crippen molar-refractivity contribution in [2.75, 3.05) is 20.7 Å². The maximum absolute atomic E-state index is 10.6. The summed E-state index contributed by atoms with van der Waals surface area (Å²) in [5, 5.41) is 23.9. The normalized spacial score (nSPS) is 48.4. The lowest BCUT2D eigenvalue weighted by Crippen LogP contribution is -2.71. The Hall–Kier alpha value is -0.360. The van der Waals surface area contributed by atoms with E-state index in [1.807, 2.05) is 0 Å². The summed E-state index contributed by atoms with van der Waals surface area (Å²) < 4.78 is 16.9. The standard InChI is InChI=1S/C14H30N4O5/c1-18-9-11(20)12(8(17)10(19)13(9)21-2)23-14-7(16)4-3-6(5-15)22-14/h6-14,18-20H,3-5,15-17H2,1-2H3/t6-,7-,8+,9+,10-,11-,12-,13-,14+/m0/s1. The molecule has 2 rings (SSSR count). The first kappa shape index (κ1) is 19.0. The monoisotopic (exact) mass is 334 g/mol. The third-order valence-electron chi connectivity index (χ3n) is 4.83. The molecule has 9 atom stereocenters. The molecule has 0 unspecified atom stereocenters. The molecule has 0 bridgehead atoms. The molecule has 1 saturated carbocycles. The minimum Gasteiger partial charge on any atom is -0.389 e. The van der Waals surface area contributed by atoms with Gasteiger partial charge < -0.3 is 46.9 Å². The third kappa shape index (κ3) is 3.84. The second-order valence-corrected chi connectivity index (χ2v) is 6.28. The van der Waals surface area contributed by atoms with Gasteiger partial charge in [-0.3, -0.25) is 0 Å². The molecule has 0 radical (unpaired) electrons. The van der Waals surface area contributed by atoms with Crippen LogP contribution in [-0.4, -0.2) is 85.9 Å². The van der Waals surface area contributed by atoms with Gasteiger partial charge in [0.1, 0.15) is 12.2 Å². The Morgan fingerprint density at radius 2 is 1.87 bits per heavy atom. The summed E-state index contributed by atoms with van der Waals surface area (Å²) in [6.45, 7) is 0.374. The van der Waals surface area contributed by atoms with Crippen LogP contribution >= 0.6 is 0 Å². The van der Waals surface area contributed by atoms with Crippen molar-refractivity contribution in [1.29, 1.82) is 0 Å². The van der Waals surface area contributed by atoms with Gasteiger partial charge >= 0.3 is 0 Å². The van der Waals surface area contributed by atoms with Crippen LogP contribution in [0.1, 0.15) is 12.8 Å². The van der Waals surface area contributed by atoms with E-state index in [4.69, 9.17) is 31.4 Å². The molecule has 2 fully saturated rings. The number of rotatable bonds is 5. The molecule has 9 nitrogen and oxygen atoms in total. The zero-order valence-electron chi connectivity index (χ0n) is 13.7. The second-order valence-electron chi connectivity index (χ2n) is 6.28. The zero-order chi connectivity index (χ0) is 17.1. The van der Waals surface area contributed by atoms with E-state index in [1.165, 1.54) is 7.11 Å². The first-order valence-electron chi connectivity index (χ1n) is 8.02. The molecule has 136 valence electrons.